The number of fused-ring (bicyclic) bond motifs is 3. The lowest BCUT2D eigenvalue weighted by molar-refractivity contribution is -0.384. The standard InChI is InChI=1S/C54H66N8O17/c1-54(2,3)79-48(65)23-22-45(61-47(64)34-75-30-29-74-28-27-73-26-25-57-52(69)76-33-43-41-11-6-4-9-39(41)40-10-5-7-12-42(40)43)49(66)58-31-46(63)60-44(13-8-24-56-51(55)68)50(67)59-36-16-14-35(15-17-36)32-77-53(70)78-38-20-18-37(19-21-38)62(71)72/h4-7,9-12,14-21,43-45H,8,13,22-34H2,1-3H3,(H,57,69)(H,58,66)(H,59,67)(H,60,63)(H,61,64)(H3,55,56,68)/t44-,45-/m0/s1. The van der Waals surface area contributed by atoms with E-state index in [1.807, 2.05) is 36.4 Å². The van der Waals surface area contributed by atoms with Crippen LogP contribution in [0, 0.1) is 10.1 Å². The number of benzene rings is 4. The van der Waals surface area contributed by atoms with E-state index in [2.05, 4.69) is 44.0 Å². The van der Waals surface area contributed by atoms with Crippen LogP contribution < -0.4 is 42.4 Å². The van der Waals surface area contributed by atoms with Gasteiger partial charge in [-0.3, -0.25) is 34.1 Å². The van der Waals surface area contributed by atoms with Gasteiger partial charge in [0, 0.05) is 43.2 Å². The van der Waals surface area contributed by atoms with Gasteiger partial charge >= 0.3 is 24.2 Å². The fourth-order valence-electron chi connectivity index (χ4n) is 7.78. The van der Waals surface area contributed by atoms with E-state index in [4.69, 9.17) is 38.9 Å². The molecule has 2 atom stereocenters. The Hall–Kier alpha value is -8.68. The van der Waals surface area contributed by atoms with E-state index < -0.39 is 83.6 Å². The third-order valence-corrected chi connectivity index (χ3v) is 11.4. The van der Waals surface area contributed by atoms with Crippen LogP contribution in [-0.2, 0) is 59.0 Å². The number of nitro benzene ring substituents is 1. The summed E-state index contributed by atoms with van der Waals surface area (Å²) >= 11 is 0. The molecule has 1 aliphatic rings. The number of carbonyl (C=O) groups is 8. The van der Waals surface area contributed by atoms with Crippen LogP contribution in [0.4, 0.5) is 25.8 Å². The van der Waals surface area contributed by atoms with Crippen LogP contribution >= 0.6 is 0 Å². The van der Waals surface area contributed by atoms with E-state index in [-0.39, 0.29) is 102 Å². The number of nitrogens with zero attached hydrogens (tertiary/aromatic N) is 1. The predicted octanol–water partition coefficient (Wildman–Crippen LogP) is 4.49. The van der Waals surface area contributed by atoms with Gasteiger partial charge in [0.1, 0.15) is 43.3 Å². The Morgan fingerprint density at radius 3 is 1.91 bits per heavy atom. The first kappa shape index (κ1) is 61.2. The van der Waals surface area contributed by atoms with E-state index in [0.717, 1.165) is 22.3 Å². The van der Waals surface area contributed by atoms with Gasteiger partial charge in [-0.15, -0.1) is 0 Å². The second-order valence-electron chi connectivity index (χ2n) is 18.6. The largest absolute Gasteiger partial charge is 0.514 e. The first-order valence-electron chi connectivity index (χ1n) is 25.3. The maximum absolute atomic E-state index is 13.5. The number of carbonyl (C=O) groups excluding carboxylic acids is 8. The molecular weight excluding hydrogens is 1030 g/mol. The van der Waals surface area contributed by atoms with Crippen LogP contribution in [0.1, 0.15) is 69.1 Å². The van der Waals surface area contributed by atoms with Gasteiger partial charge < -0.3 is 70.8 Å². The van der Waals surface area contributed by atoms with Crippen LogP contribution in [-0.4, -0.2) is 136 Å². The van der Waals surface area contributed by atoms with Crippen molar-refractivity contribution in [3.05, 3.63) is 124 Å². The molecule has 0 saturated carbocycles. The van der Waals surface area contributed by atoms with Crippen LogP contribution in [0.5, 0.6) is 5.75 Å². The van der Waals surface area contributed by atoms with Crippen molar-refractivity contribution in [3.63, 3.8) is 0 Å². The van der Waals surface area contributed by atoms with Gasteiger partial charge in [-0.2, -0.15) is 0 Å². The fourth-order valence-corrected chi connectivity index (χ4v) is 7.78. The quantitative estimate of drug-likeness (QED) is 0.00911. The van der Waals surface area contributed by atoms with Crippen molar-refractivity contribution in [2.75, 3.05) is 71.2 Å². The Labute approximate surface area is 455 Å². The number of non-ortho nitro benzene ring substituents is 1. The number of amides is 7. The molecule has 0 aromatic heterocycles. The van der Waals surface area contributed by atoms with Gasteiger partial charge in [-0.05, 0) is 92.1 Å². The van der Waals surface area contributed by atoms with Crippen molar-refractivity contribution in [1.82, 2.24) is 26.6 Å². The minimum absolute atomic E-state index is 0.00649. The summed E-state index contributed by atoms with van der Waals surface area (Å²) in [5.41, 5.74) is 9.46. The number of nitro groups is 1. The zero-order chi connectivity index (χ0) is 57.2. The molecule has 4 aromatic rings. The van der Waals surface area contributed by atoms with E-state index in [0.29, 0.717) is 11.3 Å². The van der Waals surface area contributed by atoms with E-state index >= 15 is 0 Å². The SMILES string of the molecule is CC(C)(C)OC(=O)CC[C@H](NC(=O)COCCOCCOCCNC(=O)OCC1c2ccccc2-c2ccccc21)C(=O)NCC(=O)N[C@@H](CCCNC(N)=O)C(=O)Nc1ccc(COC(=O)Oc2ccc([N+](=O)[O-])cc2)cc1. The summed E-state index contributed by atoms with van der Waals surface area (Å²) in [5.74, 6) is -3.63. The van der Waals surface area contributed by atoms with Crippen LogP contribution in [0.3, 0.4) is 0 Å². The van der Waals surface area contributed by atoms with Gasteiger partial charge in [0.15, 0.2) is 0 Å². The Balaban J connectivity index is 1.000. The summed E-state index contributed by atoms with van der Waals surface area (Å²) in [4.78, 5) is 112. The number of hydrogen-bond acceptors (Lipinski definition) is 17. The molecule has 7 amide bonds. The topological polar surface area (TPSA) is 343 Å². The molecule has 5 rings (SSSR count). The van der Waals surface area contributed by atoms with Crippen LogP contribution in [0.2, 0.25) is 0 Å². The number of hydrogen-bond donors (Lipinski definition) is 7. The van der Waals surface area contributed by atoms with Gasteiger partial charge in [0.2, 0.25) is 23.6 Å². The number of anilines is 1. The highest BCUT2D eigenvalue weighted by Crippen LogP contribution is 2.44. The highest BCUT2D eigenvalue weighted by Gasteiger charge is 2.30. The first-order chi connectivity index (χ1) is 37.8. The Morgan fingerprint density at radius 2 is 1.28 bits per heavy atom. The molecule has 0 spiro atoms. The molecule has 79 heavy (non-hydrogen) atoms. The Bertz CT molecular complexity index is 2670. The molecule has 1 aliphatic carbocycles. The first-order valence-corrected chi connectivity index (χ1v) is 25.3. The number of alkyl carbamates (subject to hydrolysis) is 1. The molecule has 0 heterocycles. The predicted molar refractivity (Wildman–Crippen MR) is 283 cm³/mol. The van der Waals surface area contributed by atoms with Crippen molar-refractivity contribution in [2.45, 2.75) is 76.7 Å². The molecule has 4 aromatic carbocycles. The molecule has 0 radical (unpaired) electrons. The lowest BCUT2D eigenvalue weighted by Gasteiger charge is -2.22. The van der Waals surface area contributed by atoms with Gasteiger partial charge in [-0.1, -0.05) is 60.7 Å². The van der Waals surface area contributed by atoms with Crippen molar-refractivity contribution in [2.24, 2.45) is 5.73 Å². The number of rotatable bonds is 31. The highest BCUT2D eigenvalue weighted by atomic mass is 16.7. The summed E-state index contributed by atoms with van der Waals surface area (Å²) in [5, 5.41) is 26.1. The molecule has 25 nitrogen and oxygen atoms in total. The third kappa shape index (κ3) is 22.1. The molecule has 8 N–H and O–H groups in total. The molecule has 0 fully saturated rings. The number of urea groups is 1. The Morgan fingerprint density at radius 1 is 0.671 bits per heavy atom. The minimum atomic E-state index is -1.31. The van der Waals surface area contributed by atoms with Crippen molar-refractivity contribution >= 4 is 59.3 Å². The maximum Gasteiger partial charge on any atom is 0.514 e. The number of primary amides is 1. The van der Waals surface area contributed by atoms with E-state index in [1.165, 1.54) is 36.4 Å². The summed E-state index contributed by atoms with van der Waals surface area (Å²) in [6.45, 7) is 4.90. The normalized spacial score (nSPS) is 12.3. The smallest absolute Gasteiger partial charge is 0.460 e. The number of ether oxygens (including phenoxy) is 7. The fraction of sp³-hybridized carbons (Fsp3) is 0.407. The summed E-state index contributed by atoms with van der Waals surface area (Å²) in [6, 6.07) is 23.8. The molecular formula is C54H66N8O17. The molecule has 0 aliphatic heterocycles. The van der Waals surface area contributed by atoms with Crippen molar-refractivity contribution < 1.29 is 76.4 Å². The summed E-state index contributed by atoms with van der Waals surface area (Å²) in [7, 11) is 0. The zero-order valence-corrected chi connectivity index (χ0v) is 44.0. The third-order valence-electron chi connectivity index (χ3n) is 11.4. The zero-order valence-electron chi connectivity index (χ0n) is 44.0. The van der Waals surface area contributed by atoms with Crippen molar-refractivity contribution in [1.29, 1.82) is 0 Å². The Kier molecular flexibility index (Phi) is 24.4. The highest BCUT2D eigenvalue weighted by molar-refractivity contribution is 5.98. The summed E-state index contributed by atoms with van der Waals surface area (Å²) in [6.07, 6.45) is -1.86. The molecule has 0 bridgehead atoms. The average molecular weight is 1100 g/mol. The molecule has 0 saturated heterocycles. The lowest BCUT2D eigenvalue weighted by Crippen LogP contribution is -2.52. The average Bonchev–Trinajstić information content (AvgIpc) is 3.85. The molecule has 424 valence electrons. The number of esters is 1. The van der Waals surface area contributed by atoms with E-state index in [1.54, 1.807) is 32.9 Å². The maximum atomic E-state index is 13.5. The lowest BCUT2D eigenvalue weighted by atomic mass is 9.98. The second-order valence-corrected chi connectivity index (χ2v) is 18.6. The number of nitrogens with two attached hydrogens (primary N) is 1. The monoisotopic (exact) mass is 1100 g/mol. The van der Waals surface area contributed by atoms with Crippen molar-refractivity contribution in [3.8, 4) is 16.9 Å². The van der Waals surface area contributed by atoms with Gasteiger partial charge in [-0.25, -0.2) is 14.4 Å². The van der Waals surface area contributed by atoms with Gasteiger partial charge in [0.25, 0.3) is 5.69 Å². The molecule has 25 heteroatoms. The minimum Gasteiger partial charge on any atom is -0.460 e. The van der Waals surface area contributed by atoms with Crippen LogP contribution in [0.25, 0.3) is 11.1 Å². The van der Waals surface area contributed by atoms with Gasteiger partial charge in [0.05, 0.1) is 44.5 Å². The number of nitrogens with one attached hydrogen (secondary N) is 6. The second kappa shape index (κ2) is 31.5. The molecule has 0 unspecified atom stereocenters. The van der Waals surface area contributed by atoms with Crippen LogP contribution in [0.15, 0.2) is 97.1 Å². The van der Waals surface area contributed by atoms with E-state index in [9.17, 15) is 48.5 Å². The summed E-state index contributed by atoms with van der Waals surface area (Å²) < 4.78 is 37.5.